The van der Waals surface area contributed by atoms with Gasteiger partial charge in [0.25, 0.3) is 0 Å². The number of nitro groups is 1. The smallest absolute Gasteiger partial charge is 0.234 e. The molecule has 0 atom stereocenters. The van der Waals surface area contributed by atoms with E-state index >= 15 is 0 Å². The van der Waals surface area contributed by atoms with E-state index in [0.29, 0.717) is 6.61 Å². The van der Waals surface area contributed by atoms with Gasteiger partial charge in [0.2, 0.25) is 6.20 Å². The van der Waals surface area contributed by atoms with Gasteiger partial charge in [-0.1, -0.05) is 18.7 Å². The maximum atomic E-state index is 9.86. The molecule has 4 nitrogen and oxygen atoms in total. The third kappa shape index (κ3) is 5.37. The fourth-order valence-corrected chi connectivity index (χ4v) is 0.579. The van der Waals surface area contributed by atoms with Gasteiger partial charge in [-0.05, 0) is 5.57 Å². The van der Waals surface area contributed by atoms with Gasteiger partial charge in [-0.15, -0.1) is 0 Å². The van der Waals surface area contributed by atoms with E-state index in [2.05, 4.69) is 6.58 Å². The molecule has 0 fully saturated rings. The van der Waals surface area contributed by atoms with Gasteiger partial charge in [0.1, 0.15) is 0 Å². The SMILES string of the molecule is C=C/C(=C\C=C\[N+](=O)[O-])COC. The summed E-state index contributed by atoms with van der Waals surface area (Å²) in [6.45, 7) is 3.93. The molecule has 0 aromatic heterocycles. The average Bonchev–Trinajstić information content (AvgIpc) is 2.02. The predicted molar refractivity (Wildman–Crippen MR) is 46.3 cm³/mol. The van der Waals surface area contributed by atoms with E-state index in [1.54, 1.807) is 19.3 Å². The average molecular weight is 169 g/mol. The first-order chi connectivity index (χ1) is 5.70. The molecule has 0 saturated heterocycles. The maximum absolute atomic E-state index is 9.86. The molecule has 0 amide bonds. The second kappa shape index (κ2) is 6.30. The summed E-state index contributed by atoms with van der Waals surface area (Å²) in [6.07, 6.45) is 5.38. The van der Waals surface area contributed by atoms with E-state index in [-0.39, 0.29) is 0 Å². The van der Waals surface area contributed by atoms with Crippen LogP contribution in [0.4, 0.5) is 0 Å². The Morgan fingerprint density at radius 2 is 2.42 bits per heavy atom. The summed E-state index contributed by atoms with van der Waals surface area (Å²) in [4.78, 5) is 9.34. The lowest BCUT2D eigenvalue weighted by atomic mass is 10.2. The van der Waals surface area contributed by atoms with Crippen molar-refractivity contribution in [1.82, 2.24) is 0 Å². The number of nitrogens with zero attached hydrogens (tertiary/aromatic N) is 1. The Bertz CT molecular complexity index is 218. The number of rotatable bonds is 5. The highest BCUT2D eigenvalue weighted by Crippen LogP contribution is 1.96. The largest absolute Gasteiger partial charge is 0.380 e. The molecule has 0 N–H and O–H groups in total. The lowest BCUT2D eigenvalue weighted by molar-refractivity contribution is -0.402. The van der Waals surface area contributed by atoms with Crippen LogP contribution in [-0.4, -0.2) is 18.6 Å². The van der Waals surface area contributed by atoms with E-state index in [9.17, 15) is 10.1 Å². The van der Waals surface area contributed by atoms with E-state index in [1.165, 1.54) is 6.08 Å². The summed E-state index contributed by atoms with van der Waals surface area (Å²) >= 11 is 0. The minimum Gasteiger partial charge on any atom is -0.380 e. The van der Waals surface area contributed by atoms with Gasteiger partial charge >= 0.3 is 0 Å². The Morgan fingerprint density at radius 1 is 1.75 bits per heavy atom. The molecule has 0 heterocycles. The molecule has 0 aliphatic carbocycles. The van der Waals surface area contributed by atoms with Crippen LogP contribution in [0.1, 0.15) is 0 Å². The summed E-state index contributed by atoms with van der Waals surface area (Å²) in [5.41, 5.74) is 0.801. The predicted octanol–water partition coefficient (Wildman–Crippen LogP) is 1.54. The maximum Gasteiger partial charge on any atom is 0.234 e. The topological polar surface area (TPSA) is 52.4 Å². The molecule has 0 spiro atoms. The number of hydrogen-bond acceptors (Lipinski definition) is 3. The van der Waals surface area contributed by atoms with Crippen LogP contribution in [0.2, 0.25) is 0 Å². The van der Waals surface area contributed by atoms with Crippen LogP contribution in [-0.2, 0) is 4.74 Å². The van der Waals surface area contributed by atoms with Crippen molar-refractivity contribution in [3.05, 3.63) is 46.7 Å². The van der Waals surface area contributed by atoms with Crippen LogP contribution >= 0.6 is 0 Å². The standard InChI is InChI=1S/C8H11NO3/c1-3-8(7-12-2)5-4-6-9(10)11/h3-6H,1,7H2,2H3/b6-4+,8-5+. The minimum absolute atomic E-state index is 0.408. The number of methoxy groups -OCH3 is 1. The zero-order valence-electron chi connectivity index (χ0n) is 6.90. The van der Waals surface area contributed by atoms with Crippen molar-refractivity contribution in [1.29, 1.82) is 0 Å². The molecular weight excluding hydrogens is 158 g/mol. The van der Waals surface area contributed by atoms with Crippen LogP contribution < -0.4 is 0 Å². The van der Waals surface area contributed by atoms with Crippen molar-refractivity contribution < 1.29 is 9.66 Å². The Balaban J connectivity index is 4.10. The van der Waals surface area contributed by atoms with Crippen LogP contribution in [0.3, 0.4) is 0 Å². The Labute approximate surface area is 71.0 Å². The van der Waals surface area contributed by atoms with Crippen molar-refractivity contribution in [3.63, 3.8) is 0 Å². The van der Waals surface area contributed by atoms with Crippen LogP contribution in [0.25, 0.3) is 0 Å². The first kappa shape index (κ1) is 10.6. The lowest BCUT2D eigenvalue weighted by Gasteiger charge is -1.95. The highest BCUT2D eigenvalue weighted by atomic mass is 16.6. The third-order valence-corrected chi connectivity index (χ3v) is 1.09. The molecular formula is C8H11NO3. The summed E-state index contributed by atoms with van der Waals surface area (Å²) < 4.78 is 4.81. The van der Waals surface area contributed by atoms with Gasteiger partial charge in [0.05, 0.1) is 11.5 Å². The zero-order chi connectivity index (χ0) is 9.40. The zero-order valence-corrected chi connectivity index (χ0v) is 6.90. The number of allylic oxidation sites excluding steroid dienone is 2. The van der Waals surface area contributed by atoms with Gasteiger partial charge in [0.15, 0.2) is 0 Å². The molecule has 4 heteroatoms. The Morgan fingerprint density at radius 3 is 2.83 bits per heavy atom. The molecule has 66 valence electrons. The van der Waals surface area contributed by atoms with Crippen LogP contribution in [0, 0.1) is 10.1 Å². The molecule has 0 saturated carbocycles. The second-order valence-corrected chi connectivity index (χ2v) is 2.01. The third-order valence-electron chi connectivity index (χ3n) is 1.09. The minimum atomic E-state index is -0.524. The van der Waals surface area contributed by atoms with Gasteiger partial charge < -0.3 is 4.74 Å². The Kier molecular flexibility index (Phi) is 5.55. The van der Waals surface area contributed by atoms with Crippen LogP contribution in [0.5, 0.6) is 0 Å². The van der Waals surface area contributed by atoms with Crippen molar-refractivity contribution in [2.75, 3.05) is 13.7 Å². The normalized spacial score (nSPS) is 11.9. The second-order valence-electron chi connectivity index (χ2n) is 2.01. The van der Waals surface area contributed by atoms with Crippen molar-refractivity contribution >= 4 is 0 Å². The van der Waals surface area contributed by atoms with Gasteiger partial charge in [-0.3, -0.25) is 10.1 Å². The molecule has 0 rings (SSSR count). The summed E-state index contributed by atoms with van der Waals surface area (Å²) in [6, 6.07) is 0. The lowest BCUT2D eigenvalue weighted by Crippen LogP contribution is -1.90. The van der Waals surface area contributed by atoms with Crippen molar-refractivity contribution in [2.45, 2.75) is 0 Å². The van der Waals surface area contributed by atoms with Gasteiger partial charge in [-0.2, -0.15) is 0 Å². The highest BCUT2D eigenvalue weighted by Gasteiger charge is 1.87. The van der Waals surface area contributed by atoms with E-state index < -0.39 is 4.92 Å². The summed E-state index contributed by atoms with van der Waals surface area (Å²) in [7, 11) is 1.55. The molecule has 0 aromatic carbocycles. The molecule has 0 bridgehead atoms. The molecule has 0 aromatic rings. The number of hydrogen-bond donors (Lipinski definition) is 0. The van der Waals surface area contributed by atoms with E-state index in [1.807, 2.05) is 0 Å². The molecule has 0 unspecified atom stereocenters. The molecule has 0 aliphatic rings. The summed E-state index contributed by atoms with van der Waals surface area (Å²) in [5.74, 6) is 0. The van der Waals surface area contributed by atoms with Gasteiger partial charge in [0, 0.05) is 13.2 Å². The fourth-order valence-electron chi connectivity index (χ4n) is 0.579. The summed E-state index contributed by atoms with van der Waals surface area (Å²) in [5, 5.41) is 9.86. The Hall–Kier alpha value is -1.42. The fraction of sp³-hybridized carbons (Fsp3) is 0.250. The molecule has 0 radical (unpaired) electrons. The molecule has 0 aliphatic heterocycles. The van der Waals surface area contributed by atoms with E-state index in [4.69, 9.17) is 4.74 Å². The first-order valence-corrected chi connectivity index (χ1v) is 3.33. The van der Waals surface area contributed by atoms with Crippen molar-refractivity contribution in [2.24, 2.45) is 0 Å². The monoisotopic (exact) mass is 169 g/mol. The van der Waals surface area contributed by atoms with E-state index in [0.717, 1.165) is 11.8 Å². The van der Waals surface area contributed by atoms with Crippen LogP contribution in [0.15, 0.2) is 36.6 Å². The first-order valence-electron chi connectivity index (χ1n) is 3.33. The molecule has 12 heavy (non-hydrogen) atoms. The number of ether oxygens (including phenoxy) is 1. The van der Waals surface area contributed by atoms with Crippen molar-refractivity contribution in [3.8, 4) is 0 Å². The van der Waals surface area contributed by atoms with Gasteiger partial charge in [-0.25, -0.2) is 0 Å². The highest BCUT2D eigenvalue weighted by molar-refractivity contribution is 5.21. The quantitative estimate of drug-likeness (QED) is 0.356.